The molecule has 142 valence electrons. The molecule has 0 radical (unpaired) electrons. The summed E-state index contributed by atoms with van der Waals surface area (Å²) in [5.74, 6) is -0.420. The van der Waals surface area contributed by atoms with E-state index in [2.05, 4.69) is 4.98 Å². The molecule has 1 saturated heterocycles. The second-order valence-electron chi connectivity index (χ2n) is 7.86. The topological polar surface area (TPSA) is 64.4 Å². The van der Waals surface area contributed by atoms with Crippen molar-refractivity contribution in [2.75, 3.05) is 12.8 Å². The highest BCUT2D eigenvalue weighted by Gasteiger charge is 2.41. The highest BCUT2D eigenvalue weighted by Crippen LogP contribution is 2.42. The summed E-state index contributed by atoms with van der Waals surface area (Å²) < 4.78 is 7.48. The molecule has 4 rings (SSSR count). The number of fused-ring (bicyclic) bond motifs is 5. The number of carbonyl (C=O) groups is 2. The maximum atomic E-state index is 13.3. The molecule has 0 aliphatic carbocycles. The lowest BCUT2D eigenvalue weighted by atomic mass is 10.1. The van der Waals surface area contributed by atoms with Crippen LogP contribution in [0.2, 0.25) is 0 Å². The molecular formula is C20H23N3O3S. The number of esters is 1. The Morgan fingerprint density at radius 3 is 2.81 bits per heavy atom. The SMILES string of the molecule is CSc1cccc2c1C(=O)N1CCC[C@H]1c1c(C(=O)OC(C)(C)C)ncn1-2. The number of amides is 1. The average Bonchev–Trinajstić information content (AvgIpc) is 3.23. The van der Waals surface area contributed by atoms with E-state index in [9.17, 15) is 9.59 Å². The molecular weight excluding hydrogens is 362 g/mol. The van der Waals surface area contributed by atoms with E-state index >= 15 is 0 Å². The quantitative estimate of drug-likeness (QED) is 0.580. The molecule has 7 heteroatoms. The molecule has 0 saturated carbocycles. The molecule has 1 aromatic carbocycles. The summed E-state index contributed by atoms with van der Waals surface area (Å²) in [5.41, 5.74) is 1.92. The largest absolute Gasteiger partial charge is 0.455 e. The van der Waals surface area contributed by atoms with Crippen molar-refractivity contribution in [2.24, 2.45) is 0 Å². The third-order valence-electron chi connectivity index (χ3n) is 4.92. The van der Waals surface area contributed by atoms with Crippen molar-refractivity contribution in [2.45, 2.75) is 50.2 Å². The zero-order valence-electron chi connectivity index (χ0n) is 16.0. The maximum absolute atomic E-state index is 13.3. The summed E-state index contributed by atoms with van der Waals surface area (Å²) in [6.07, 6.45) is 5.34. The summed E-state index contributed by atoms with van der Waals surface area (Å²) in [4.78, 5) is 33.4. The van der Waals surface area contributed by atoms with Gasteiger partial charge < -0.3 is 9.64 Å². The maximum Gasteiger partial charge on any atom is 0.359 e. The minimum absolute atomic E-state index is 0.0243. The van der Waals surface area contributed by atoms with Crippen LogP contribution in [0.25, 0.3) is 5.69 Å². The Balaban J connectivity index is 1.93. The summed E-state index contributed by atoms with van der Waals surface area (Å²) >= 11 is 1.55. The first kappa shape index (κ1) is 18.1. The number of benzene rings is 1. The van der Waals surface area contributed by atoms with Gasteiger partial charge in [0.2, 0.25) is 0 Å². The fourth-order valence-electron chi connectivity index (χ4n) is 3.89. The van der Waals surface area contributed by atoms with Gasteiger partial charge in [-0.25, -0.2) is 9.78 Å². The molecule has 3 heterocycles. The van der Waals surface area contributed by atoms with Crippen LogP contribution in [-0.2, 0) is 4.74 Å². The summed E-state index contributed by atoms with van der Waals surface area (Å²) in [6.45, 7) is 6.20. The van der Waals surface area contributed by atoms with Crippen LogP contribution in [0.4, 0.5) is 0 Å². The van der Waals surface area contributed by atoms with Crippen molar-refractivity contribution in [1.82, 2.24) is 14.5 Å². The molecule has 0 N–H and O–H groups in total. The molecule has 2 aromatic rings. The predicted octanol–water partition coefficient (Wildman–Crippen LogP) is 3.84. The van der Waals surface area contributed by atoms with Gasteiger partial charge in [-0.15, -0.1) is 11.8 Å². The van der Waals surface area contributed by atoms with E-state index in [1.807, 2.05) is 54.7 Å². The zero-order valence-corrected chi connectivity index (χ0v) is 16.8. The lowest BCUT2D eigenvalue weighted by Crippen LogP contribution is -2.31. The molecule has 0 bridgehead atoms. The van der Waals surface area contributed by atoms with Crippen LogP contribution in [0.15, 0.2) is 29.4 Å². The van der Waals surface area contributed by atoms with E-state index in [0.717, 1.165) is 29.1 Å². The number of rotatable bonds is 2. The van der Waals surface area contributed by atoms with Gasteiger partial charge in [0.05, 0.1) is 23.0 Å². The third-order valence-corrected chi connectivity index (χ3v) is 5.70. The van der Waals surface area contributed by atoms with Crippen LogP contribution >= 0.6 is 11.8 Å². The molecule has 6 nitrogen and oxygen atoms in total. The molecule has 2 aliphatic rings. The first-order valence-electron chi connectivity index (χ1n) is 9.11. The van der Waals surface area contributed by atoms with Gasteiger partial charge in [-0.2, -0.15) is 0 Å². The fourth-order valence-corrected chi connectivity index (χ4v) is 4.51. The van der Waals surface area contributed by atoms with Gasteiger partial charge in [0.1, 0.15) is 11.9 Å². The fraction of sp³-hybridized carbons (Fsp3) is 0.450. The van der Waals surface area contributed by atoms with Crippen LogP contribution in [0.1, 0.15) is 66.2 Å². The Kier molecular flexibility index (Phi) is 4.29. The first-order chi connectivity index (χ1) is 12.8. The van der Waals surface area contributed by atoms with Gasteiger partial charge in [0.15, 0.2) is 5.69 Å². The highest BCUT2D eigenvalue weighted by atomic mass is 32.2. The van der Waals surface area contributed by atoms with Crippen molar-refractivity contribution in [3.63, 3.8) is 0 Å². The van der Waals surface area contributed by atoms with Gasteiger partial charge in [-0.05, 0) is 52.0 Å². The molecule has 1 fully saturated rings. The molecule has 0 unspecified atom stereocenters. The van der Waals surface area contributed by atoms with Gasteiger partial charge >= 0.3 is 5.97 Å². The van der Waals surface area contributed by atoms with E-state index in [-0.39, 0.29) is 11.9 Å². The molecule has 2 aliphatic heterocycles. The number of aromatic nitrogens is 2. The Morgan fingerprint density at radius 2 is 2.11 bits per heavy atom. The summed E-state index contributed by atoms with van der Waals surface area (Å²) in [7, 11) is 0. The second-order valence-corrected chi connectivity index (χ2v) is 8.71. The van der Waals surface area contributed by atoms with E-state index in [1.54, 1.807) is 18.1 Å². The van der Waals surface area contributed by atoms with Crippen molar-refractivity contribution >= 4 is 23.6 Å². The van der Waals surface area contributed by atoms with E-state index in [1.165, 1.54) is 0 Å². The number of ether oxygens (including phenoxy) is 1. The van der Waals surface area contributed by atoms with Crippen molar-refractivity contribution in [3.05, 3.63) is 41.5 Å². The molecule has 1 atom stereocenters. The van der Waals surface area contributed by atoms with Crippen LogP contribution in [0.3, 0.4) is 0 Å². The minimum atomic E-state index is -0.604. The van der Waals surface area contributed by atoms with Crippen molar-refractivity contribution < 1.29 is 14.3 Å². The van der Waals surface area contributed by atoms with Crippen molar-refractivity contribution in [1.29, 1.82) is 0 Å². The highest BCUT2D eigenvalue weighted by molar-refractivity contribution is 7.98. The number of hydrogen-bond acceptors (Lipinski definition) is 5. The Morgan fingerprint density at radius 1 is 1.33 bits per heavy atom. The zero-order chi connectivity index (χ0) is 19.3. The number of imidazole rings is 1. The number of hydrogen-bond donors (Lipinski definition) is 0. The summed E-state index contributed by atoms with van der Waals surface area (Å²) in [5, 5.41) is 0. The minimum Gasteiger partial charge on any atom is -0.455 e. The Hall–Kier alpha value is -2.28. The van der Waals surface area contributed by atoms with Gasteiger partial charge in [-0.1, -0.05) is 6.07 Å². The Labute approximate surface area is 162 Å². The number of carbonyl (C=O) groups excluding carboxylic acids is 2. The molecule has 1 amide bonds. The van der Waals surface area contributed by atoms with Crippen LogP contribution in [0.5, 0.6) is 0 Å². The van der Waals surface area contributed by atoms with Gasteiger partial charge in [0, 0.05) is 11.4 Å². The normalized spacial score (nSPS) is 18.6. The monoisotopic (exact) mass is 385 g/mol. The van der Waals surface area contributed by atoms with E-state index in [0.29, 0.717) is 17.8 Å². The third kappa shape index (κ3) is 2.94. The summed E-state index contributed by atoms with van der Waals surface area (Å²) in [6, 6.07) is 5.65. The van der Waals surface area contributed by atoms with Gasteiger partial charge in [-0.3, -0.25) is 9.36 Å². The van der Waals surface area contributed by atoms with Crippen LogP contribution in [0, 0.1) is 0 Å². The lowest BCUT2D eigenvalue weighted by molar-refractivity contribution is 0.00595. The van der Waals surface area contributed by atoms with E-state index < -0.39 is 11.6 Å². The Bertz CT molecular complexity index is 929. The van der Waals surface area contributed by atoms with E-state index in [4.69, 9.17) is 4.74 Å². The van der Waals surface area contributed by atoms with Gasteiger partial charge in [0.25, 0.3) is 5.91 Å². The predicted molar refractivity (Wildman–Crippen MR) is 104 cm³/mol. The first-order valence-corrected chi connectivity index (χ1v) is 10.3. The van der Waals surface area contributed by atoms with Crippen LogP contribution < -0.4 is 0 Å². The van der Waals surface area contributed by atoms with Crippen molar-refractivity contribution in [3.8, 4) is 5.69 Å². The molecule has 1 aromatic heterocycles. The molecule has 0 spiro atoms. The average molecular weight is 385 g/mol. The second kappa shape index (κ2) is 6.41. The lowest BCUT2D eigenvalue weighted by Gasteiger charge is -2.24. The van der Waals surface area contributed by atoms with Crippen LogP contribution in [-0.4, -0.2) is 44.7 Å². The standard InChI is InChI=1S/C20H23N3O3S/c1-20(2,3)26-19(25)16-17-13-8-6-10-22(13)18(24)15-12(23(17)11-21-16)7-5-9-14(15)27-4/h5,7,9,11,13H,6,8,10H2,1-4H3/t13-/m0/s1. The molecule has 27 heavy (non-hydrogen) atoms. The number of thioether (sulfide) groups is 1. The smallest absolute Gasteiger partial charge is 0.359 e. The number of nitrogens with zero attached hydrogens (tertiary/aromatic N) is 3.